The number of carbonyl (C=O) groups excluding carboxylic acids is 1. The molecule has 0 radical (unpaired) electrons. The van der Waals surface area contributed by atoms with Crippen molar-refractivity contribution in [1.29, 1.82) is 0 Å². The summed E-state index contributed by atoms with van der Waals surface area (Å²) in [7, 11) is 0. The lowest BCUT2D eigenvalue weighted by molar-refractivity contribution is 0.0694. The molecular weight excluding hydrogens is 302 g/mol. The van der Waals surface area contributed by atoms with Gasteiger partial charge in [-0.25, -0.2) is 4.79 Å². The lowest BCUT2D eigenvalue weighted by Crippen LogP contribution is -2.24. The van der Waals surface area contributed by atoms with Crippen LogP contribution in [-0.4, -0.2) is 23.5 Å². The fraction of sp³-hybridized carbons (Fsp3) is 0.250. The highest BCUT2D eigenvalue weighted by Gasteiger charge is 2.15. The normalized spacial score (nSPS) is 10.4. The summed E-state index contributed by atoms with van der Waals surface area (Å²) < 4.78 is 5.21. The van der Waals surface area contributed by atoms with Gasteiger partial charge in [0.1, 0.15) is 11.3 Å². The molecule has 0 aliphatic rings. The van der Waals surface area contributed by atoms with E-state index in [0.29, 0.717) is 23.6 Å². The lowest BCUT2D eigenvalue weighted by atomic mass is 10.2. The molecule has 2 aromatic rings. The maximum absolute atomic E-state index is 12.1. The second-order valence-corrected chi connectivity index (χ2v) is 5.62. The van der Waals surface area contributed by atoms with Gasteiger partial charge in [-0.3, -0.25) is 4.79 Å². The standard InChI is InChI=1S/C16H17NO4S/c1-2-8-17-15(18)12-5-3-4-6-14(12)22-10-13-11(16(19)20)7-9-21-13/h3-7,9H,2,8,10H2,1H3,(H,17,18)(H,19,20). The van der Waals surface area contributed by atoms with Gasteiger partial charge < -0.3 is 14.8 Å². The van der Waals surface area contributed by atoms with Gasteiger partial charge in [-0.05, 0) is 24.6 Å². The van der Waals surface area contributed by atoms with Crippen LogP contribution in [0.15, 0.2) is 45.9 Å². The number of rotatable bonds is 7. The number of furan rings is 1. The van der Waals surface area contributed by atoms with Gasteiger partial charge in [0.15, 0.2) is 0 Å². The molecule has 0 saturated heterocycles. The molecule has 5 nitrogen and oxygen atoms in total. The molecule has 6 heteroatoms. The lowest BCUT2D eigenvalue weighted by Gasteiger charge is -2.09. The third-order valence-electron chi connectivity index (χ3n) is 3.00. The van der Waals surface area contributed by atoms with Crippen LogP contribution in [0.2, 0.25) is 0 Å². The highest BCUT2D eigenvalue weighted by Crippen LogP contribution is 2.28. The largest absolute Gasteiger partial charge is 0.478 e. The van der Waals surface area contributed by atoms with E-state index in [9.17, 15) is 9.59 Å². The van der Waals surface area contributed by atoms with Crippen LogP contribution < -0.4 is 5.32 Å². The van der Waals surface area contributed by atoms with Crippen LogP contribution in [0.5, 0.6) is 0 Å². The van der Waals surface area contributed by atoms with E-state index in [0.717, 1.165) is 11.3 Å². The second kappa shape index (κ2) is 7.70. The first kappa shape index (κ1) is 16.2. The van der Waals surface area contributed by atoms with Crippen LogP contribution in [0.4, 0.5) is 0 Å². The van der Waals surface area contributed by atoms with E-state index in [4.69, 9.17) is 9.52 Å². The first-order chi connectivity index (χ1) is 10.6. The summed E-state index contributed by atoms with van der Waals surface area (Å²) in [4.78, 5) is 24.0. The van der Waals surface area contributed by atoms with Gasteiger partial charge in [0.05, 0.1) is 17.6 Å². The predicted octanol–water partition coefficient (Wildman–Crippen LogP) is 3.41. The van der Waals surface area contributed by atoms with Gasteiger partial charge in [0, 0.05) is 11.4 Å². The average Bonchev–Trinajstić information content (AvgIpc) is 2.99. The van der Waals surface area contributed by atoms with E-state index >= 15 is 0 Å². The highest BCUT2D eigenvalue weighted by atomic mass is 32.2. The fourth-order valence-corrected chi connectivity index (χ4v) is 2.90. The molecule has 0 unspecified atom stereocenters. The summed E-state index contributed by atoms with van der Waals surface area (Å²) in [6, 6.07) is 8.68. The zero-order valence-electron chi connectivity index (χ0n) is 12.2. The number of amides is 1. The number of carbonyl (C=O) groups is 2. The van der Waals surface area contributed by atoms with E-state index in [1.807, 2.05) is 19.1 Å². The van der Waals surface area contributed by atoms with Gasteiger partial charge in [0.2, 0.25) is 0 Å². The molecule has 1 aromatic carbocycles. The smallest absolute Gasteiger partial charge is 0.339 e. The van der Waals surface area contributed by atoms with Crippen molar-refractivity contribution in [1.82, 2.24) is 5.32 Å². The van der Waals surface area contributed by atoms with Crippen LogP contribution in [-0.2, 0) is 5.75 Å². The van der Waals surface area contributed by atoms with Gasteiger partial charge in [-0.15, -0.1) is 11.8 Å². The molecule has 0 atom stereocenters. The first-order valence-corrected chi connectivity index (χ1v) is 7.91. The molecule has 0 bridgehead atoms. The zero-order chi connectivity index (χ0) is 15.9. The van der Waals surface area contributed by atoms with Crippen LogP contribution in [0.25, 0.3) is 0 Å². The second-order valence-electron chi connectivity index (χ2n) is 4.60. The molecule has 116 valence electrons. The summed E-state index contributed by atoms with van der Waals surface area (Å²) in [6.45, 7) is 2.62. The van der Waals surface area contributed by atoms with Crippen molar-refractivity contribution in [2.24, 2.45) is 0 Å². The Bertz CT molecular complexity index is 666. The molecular formula is C16H17NO4S. The average molecular weight is 319 g/mol. The topological polar surface area (TPSA) is 79.5 Å². The van der Waals surface area contributed by atoms with Crippen molar-refractivity contribution in [3.05, 3.63) is 53.5 Å². The van der Waals surface area contributed by atoms with E-state index in [1.165, 1.54) is 24.1 Å². The maximum Gasteiger partial charge on any atom is 0.339 e. The third kappa shape index (κ3) is 3.92. The first-order valence-electron chi connectivity index (χ1n) is 6.93. The molecule has 0 aliphatic heterocycles. The highest BCUT2D eigenvalue weighted by molar-refractivity contribution is 7.98. The third-order valence-corrected chi connectivity index (χ3v) is 4.08. The molecule has 0 fully saturated rings. The Hall–Kier alpha value is -2.21. The van der Waals surface area contributed by atoms with E-state index in [-0.39, 0.29) is 11.5 Å². The maximum atomic E-state index is 12.1. The molecule has 1 aromatic heterocycles. The number of benzene rings is 1. The quantitative estimate of drug-likeness (QED) is 0.765. The molecule has 0 spiro atoms. The monoisotopic (exact) mass is 319 g/mol. The number of carboxylic acids is 1. The van der Waals surface area contributed by atoms with Gasteiger partial charge in [-0.2, -0.15) is 0 Å². The van der Waals surface area contributed by atoms with Crippen molar-refractivity contribution >= 4 is 23.6 Å². The van der Waals surface area contributed by atoms with Crippen molar-refractivity contribution in [2.45, 2.75) is 24.0 Å². The fourth-order valence-electron chi connectivity index (χ4n) is 1.90. The molecule has 2 rings (SSSR count). The Morgan fingerprint density at radius 3 is 2.73 bits per heavy atom. The van der Waals surface area contributed by atoms with Gasteiger partial charge >= 0.3 is 5.97 Å². The Morgan fingerprint density at radius 2 is 2.00 bits per heavy atom. The molecule has 1 heterocycles. The number of nitrogens with one attached hydrogen (secondary N) is 1. The molecule has 0 saturated carbocycles. The number of hydrogen-bond donors (Lipinski definition) is 2. The number of thioether (sulfide) groups is 1. The van der Waals surface area contributed by atoms with Gasteiger partial charge in [0.25, 0.3) is 5.91 Å². The number of carboxylic acid groups (broad SMARTS) is 1. The Balaban J connectivity index is 2.11. The van der Waals surface area contributed by atoms with Crippen LogP contribution in [0.1, 0.15) is 39.8 Å². The predicted molar refractivity (Wildman–Crippen MR) is 84.3 cm³/mol. The summed E-state index contributed by atoms with van der Waals surface area (Å²) in [5.74, 6) is -0.394. The number of aromatic carboxylic acids is 1. The summed E-state index contributed by atoms with van der Waals surface area (Å²) >= 11 is 1.38. The minimum absolute atomic E-state index is 0.122. The summed E-state index contributed by atoms with van der Waals surface area (Å²) in [5, 5.41) is 11.9. The minimum atomic E-state index is -1.02. The molecule has 0 aliphatic carbocycles. The van der Waals surface area contributed by atoms with Crippen molar-refractivity contribution in [3.63, 3.8) is 0 Å². The Labute approximate surface area is 132 Å². The van der Waals surface area contributed by atoms with Gasteiger partial charge in [-0.1, -0.05) is 19.1 Å². The van der Waals surface area contributed by atoms with Crippen molar-refractivity contribution in [2.75, 3.05) is 6.54 Å². The van der Waals surface area contributed by atoms with Crippen LogP contribution in [0.3, 0.4) is 0 Å². The van der Waals surface area contributed by atoms with E-state index in [1.54, 1.807) is 12.1 Å². The van der Waals surface area contributed by atoms with E-state index < -0.39 is 5.97 Å². The van der Waals surface area contributed by atoms with Crippen molar-refractivity contribution in [3.8, 4) is 0 Å². The van der Waals surface area contributed by atoms with E-state index in [2.05, 4.69) is 5.32 Å². The minimum Gasteiger partial charge on any atom is -0.478 e. The van der Waals surface area contributed by atoms with Crippen molar-refractivity contribution < 1.29 is 19.1 Å². The summed E-state index contributed by atoms with van der Waals surface area (Å²) in [6.07, 6.45) is 2.23. The Morgan fingerprint density at radius 1 is 1.23 bits per heavy atom. The SMILES string of the molecule is CCCNC(=O)c1ccccc1SCc1occc1C(=O)O. The molecule has 22 heavy (non-hydrogen) atoms. The van der Waals surface area contributed by atoms with Crippen LogP contribution >= 0.6 is 11.8 Å². The summed E-state index contributed by atoms with van der Waals surface area (Å²) in [5.41, 5.74) is 0.741. The molecule has 1 amide bonds. The number of hydrogen-bond acceptors (Lipinski definition) is 4. The molecule has 2 N–H and O–H groups in total. The Kier molecular flexibility index (Phi) is 5.66. The zero-order valence-corrected chi connectivity index (χ0v) is 13.0. The van der Waals surface area contributed by atoms with Crippen LogP contribution in [0, 0.1) is 0 Å².